The van der Waals surface area contributed by atoms with E-state index in [1.165, 1.54) is 276 Å². The molecule has 0 radical (unpaired) electrons. The first-order valence-corrected chi connectivity index (χ1v) is 43.3. The zero-order chi connectivity index (χ0) is 74.4. The fourth-order valence-electron chi connectivity index (χ4n) is 14.1. The summed E-state index contributed by atoms with van der Waals surface area (Å²) in [5, 5.41) is 87.8. The van der Waals surface area contributed by atoms with Crippen LogP contribution in [0.5, 0.6) is 0 Å². The molecule has 12 unspecified atom stereocenters. The maximum Gasteiger partial charge on any atom is 0.220 e. The summed E-state index contributed by atoms with van der Waals surface area (Å²) in [4.78, 5) is 13.4. The fourth-order valence-corrected chi connectivity index (χ4v) is 14.1. The molecular formula is C89H161NO13. The molecule has 0 aromatic rings. The number of rotatable bonds is 73. The van der Waals surface area contributed by atoms with Gasteiger partial charge in [0.1, 0.15) is 48.8 Å². The summed E-state index contributed by atoms with van der Waals surface area (Å²) < 4.78 is 23.0. The molecule has 2 aliphatic rings. The lowest BCUT2D eigenvalue weighted by molar-refractivity contribution is -0.359. The van der Waals surface area contributed by atoms with Gasteiger partial charge in [0.2, 0.25) is 5.91 Å². The molecule has 103 heavy (non-hydrogen) atoms. The van der Waals surface area contributed by atoms with Crippen molar-refractivity contribution < 1.29 is 64.6 Å². The number of allylic oxidation sites excluding steroid dienone is 13. The molecule has 12 atom stereocenters. The number of ether oxygens (including phenoxy) is 4. The van der Waals surface area contributed by atoms with Crippen LogP contribution in [-0.2, 0) is 23.7 Å². The highest BCUT2D eigenvalue weighted by Crippen LogP contribution is 2.30. The second-order valence-electron chi connectivity index (χ2n) is 30.3. The van der Waals surface area contributed by atoms with Gasteiger partial charge < -0.3 is 65.1 Å². The van der Waals surface area contributed by atoms with Crippen molar-refractivity contribution in [2.45, 2.75) is 453 Å². The highest BCUT2D eigenvalue weighted by molar-refractivity contribution is 5.76. The van der Waals surface area contributed by atoms with Gasteiger partial charge in [-0.3, -0.25) is 4.79 Å². The summed E-state index contributed by atoms with van der Waals surface area (Å²) >= 11 is 0. The highest BCUT2D eigenvalue weighted by atomic mass is 16.7. The summed E-state index contributed by atoms with van der Waals surface area (Å²) in [6.45, 7) is 2.74. The van der Waals surface area contributed by atoms with E-state index < -0.39 is 86.8 Å². The number of aliphatic hydroxyl groups is 8. The van der Waals surface area contributed by atoms with Crippen LogP contribution in [0.1, 0.15) is 380 Å². The van der Waals surface area contributed by atoms with Crippen LogP contribution in [0, 0.1) is 0 Å². The van der Waals surface area contributed by atoms with Gasteiger partial charge in [0.05, 0.1) is 32.0 Å². The molecule has 2 heterocycles. The number of carbonyl (C=O) groups is 1. The Bertz CT molecular complexity index is 2060. The molecule has 14 nitrogen and oxygen atoms in total. The largest absolute Gasteiger partial charge is 0.394 e. The van der Waals surface area contributed by atoms with E-state index in [0.717, 1.165) is 77.0 Å². The third kappa shape index (κ3) is 54.4. The maximum absolute atomic E-state index is 13.4. The Labute approximate surface area is 631 Å². The summed E-state index contributed by atoms with van der Waals surface area (Å²) in [7, 11) is 0. The molecule has 2 rings (SSSR count). The predicted molar refractivity (Wildman–Crippen MR) is 429 cm³/mol. The lowest BCUT2D eigenvalue weighted by Gasteiger charge is -2.46. The second-order valence-corrected chi connectivity index (χ2v) is 30.3. The first kappa shape index (κ1) is 96.2. The maximum atomic E-state index is 13.4. The van der Waals surface area contributed by atoms with Crippen molar-refractivity contribution in [3.8, 4) is 0 Å². The quantitative estimate of drug-likeness (QED) is 0.0204. The summed E-state index contributed by atoms with van der Waals surface area (Å²) in [5.41, 5.74) is 0. The standard InChI is InChI=1S/C89H161NO13/c1-3-5-7-9-11-13-15-17-19-21-23-25-27-29-31-33-35-36-37-38-39-40-41-42-43-45-47-49-51-53-55-57-59-61-63-65-67-69-71-73-81(94)90-77(76-100-88-86(99)84(97)87(80(75-92)102-88)103-89-85(98)83(96)82(95)79(74-91)101-89)78(93)72-70-68-66-64-62-60-58-56-54-52-50-48-46-44-34-32-30-28-26-24-22-20-18-16-14-12-10-8-6-4-2/h5,7,11,13,17,19,23,25,29,31,35-36,70,72,77-80,82-89,91-93,95-99H,3-4,6,8-10,12,14-16,18,20-22,24,26-28,30,32-34,37-69,71,73-76H2,1-2H3,(H,90,94)/b7-5-,13-11-,19-17-,25-23-,31-29-,36-35-,72-70+. The molecular weight excluding hydrogens is 1290 g/mol. The molecule has 600 valence electrons. The van der Waals surface area contributed by atoms with E-state index in [9.17, 15) is 45.6 Å². The van der Waals surface area contributed by atoms with Crippen molar-refractivity contribution in [1.82, 2.24) is 5.32 Å². The van der Waals surface area contributed by atoms with Gasteiger partial charge in [0.15, 0.2) is 12.6 Å². The van der Waals surface area contributed by atoms with Crippen LogP contribution in [0.15, 0.2) is 85.1 Å². The normalized spacial score (nSPS) is 22.0. The van der Waals surface area contributed by atoms with E-state index >= 15 is 0 Å². The number of carbonyl (C=O) groups excluding carboxylic acids is 1. The lowest BCUT2D eigenvalue weighted by atomic mass is 9.97. The SMILES string of the molecule is CC/C=C\C/C=C\C/C=C\C/C=C\C/C=C\C/C=C\CCCCCCCCCCCCCCCCCCCCCCC(=O)NC(COC1OC(CO)C(OC2OC(CO)C(O)C(O)C2O)C(O)C1O)C(O)/C=C/CCCCCCCCCCCCCCCCCCCCCCCCCCCCCC. The molecule has 2 fully saturated rings. The molecule has 1 amide bonds. The third-order valence-corrected chi connectivity index (χ3v) is 20.8. The van der Waals surface area contributed by atoms with Crippen molar-refractivity contribution in [2.75, 3.05) is 19.8 Å². The minimum absolute atomic E-state index is 0.233. The van der Waals surface area contributed by atoms with E-state index in [0.29, 0.717) is 6.42 Å². The van der Waals surface area contributed by atoms with E-state index in [1.807, 2.05) is 6.08 Å². The first-order valence-electron chi connectivity index (χ1n) is 43.3. The van der Waals surface area contributed by atoms with Crippen molar-refractivity contribution >= 4 is 5.91 Å². The molecule has 0 bridgehead atoms. The zero-order valence-corrected chi connectivity index (χ0v) is 66.1. The Morgan fingerprint density at radius 3 is 1.03 bits per heavy atom. The Balaban J connectivity index is 1.58. The van der Waals surface area contributed by atoms with E-state index in [-0.39, 0.29) is 18.9 Å². The predicted octanol–water partition coefficient (Wildman–Crippen LogP) is 20.6. The van der Waals surface area contributed by atoms with Crippen LogP contribution < -0.4 is 5.32 Å². The Hall–Kier alpha value is -2.83. The van der Waals surface area contributed by atoms with Gasteiger partial charge in [0.25, 0.3) is 0 Å². The van der Waals surface area contributed by atoms with E-state index in [2.05, 4.69) is 92.1 Å². The third-order valence-electron chi connectivity index (χ3n) is 20.8. The molecule has 0 aliphatic carbocycles. The van der Waals surface area contributed by atoms with Crippen molar-refractivity contribution in [3.05, 3.63) is 85.1 Å². The van der Waals surface area contributed by atoms with Crippen molar-refractivity contribution in [3.63, 3.8) is 0 Å². The monoisotopic (exact) mass is 1450 g/mol. The van der Waals surface area contributed by atoms with Gasteiger partial charge in [-0.25, -0.2) is 0 Å². The van der Waals surface area contributed by atoms with E-state index in [1.54, 1.807) is 6.08 Å². The van der Waals surface area contributed by atoms with Gasteiger partial charge in [-0.05, 0) is 70.6 Å². The molecule has 0 aromatic carbocycles. The van der Waals surface area contributed by atoms with Crippen LogP contribution in [0.4, 0.5) is 0 Å². The average Bonchev–Trinajstić information content (AvgIpc) is 0.791. The van der Waals surface area contributed by atoms with Crippen LogP contribution in [-0.4, -0.2) is 140 Å². The Morgan fingerprint density at radius 2 is 0.670 bits per heavy atom. The first-order chi connectivity index (χ1) is 50.6. The van der Waals surface area contributed by atoms with Crippen molar-refractivity contribution in [1.29, 1.82) is 0 Å². The van der Waals surface area contributed by atoms with Gasteiger partial charge in [-0.1, -0.05) is 388 Å². The zero-order valence-electron chi connectivity index (χ0n) is 66.1. The average molecular weight is 1450 g/mol. The summed E-state index contributed by atoms with van der Waals surface area (Å²) in [6, 6.07) is -0.919. The number of hydrogen-bond donors (Lipinski definition) is 9. The van der Waals surface area contributed by atoms with Gasteiger partial charge >= 0.3 is 0 Å². The Kier molecular flexibility index (Phi) is 67.3. The number of aliphatic hydroxyl groups excluding tert-OH is 8. The molecule has 0 aromatic heterocycles. The fraction of sp³-hybridized carbons (Fsp3) is 0.831. The van der Waals surface area contributed by atoms with Crippen molar-refractivity contribution in [2.24, 2.45) is 0 Å². The number of amides is 1. The van der Waals surface area contributed by atoms with E-state index in [4.69, 9.17) is 18.9 Å². The topological polar surface area (TPSA) is 228 Å². The van der Waals surface area contributed by atoms with Gasteiger partial charge in [0, 0.05) is 6.42 Å². The molecule has 0 saturated carbocycles. The van der Waals surface area contributed by atoms with Crippen LogP contribution in [0.25, 0.3) is 0 Å². The van der Waals surface area contributed by atoms with Crippen LogP contribution in [0.2, 0.25) is 0 Å². The Morgan fingerprint density at radius 1 is 0.359 bits per heavy atom. The summed E-state index contributed by atoms with van der Waals surface area (Å²) in [5.74, 6) is -0.233. The number of hydrogen-bond acceptors (Lipinski definition) is 13. The molecule has 0 spiro atoms. The molecule has 14 heteroatoms. The highest BCUT2D eigenvalue weighted by Gasteiger charge is 2.51. The molecule has 9 N–H and O–H groups in total. The van der Waals surface area contributed by atoms with Crippen LogP contribution >= 0.6 is 0 Å². The van der Waals surface area contributed by atoms with Gasteiger partial charge in [-0.2, -0.15) is 0 Å². The van der Waals surface area contributed by atoms with Gasteiger partial charge in [-0.15, -0.1) is 0 Å². The minimum atomic E-state index is -1.79. The second kappa shape index (κ2) is 72.1. The summed E-state index contributed by atoms with van der Waals surface area (Å²) in [6.07, 6.45) is 85.4. The number of nitrogens with one attached hydrogen (secondary N) is 1. The smallest absolute Gasteiger partial charge is 0.220 e. The molecule has 2 aliphatic heterocycles. The van der Waals surface area contributed by atoms with Crippen LogP contribution in [0.3, 0.4) is 0 Å². The number of unbranched alkanes of at least 4 members (excludes halogenated alkanes) is 48. The minimum Gasteiger partial charge on any atom is -0.394 e. The molecule has 2 saturated heterocycles. The lowest BCUT2D eigenvalue weighted by Crippen LogP contribution is -2.65.